The molecule has 4 aliphatic carbocycles. The van der Waals surface area contributed by atoms with Crippen molar-refractivity contribution in [1.29, 1.82) is 0 Å². The van der Waals surface area contributed by atoms with Crippen LogP contribution in [0.25, 0.3) is 0 Å². The lowest BCUT2D eigenvalue weighted by molar-refractivity contribution is -0.166. The lowest BCUT2D eigenvalue weighted by atomic mass is 9.43. The van der Waals surface area contributed by atoms with Gasteiger partial charge in [-0.15, -0.1) is 0 Å². The molecule has 0 aromatic rings. The van der Waals surface area contributed by atoms with Gasteiger partial charge < -0.3 is 16.2 Å². The van der Waals surface area contributed by atoms with E-state index in [1.54, 1.807) is 0 Å². The van der Waals surface area contributed by atoms with Crippen LogP contribution < -0.4 is 15.8 Å². The van der Waals surface area contributed by atoms with Gasteiger partial charge in [0.05, 0.1) is 12.4 Å². The zero-order valence-electron chi connectivity index (χ0n) is 20.6. The van der Waals surface area contributed by atoms with Gasteiger partial charge in [-0.2, -0.15) is 0 Å². The molecule has 0 aromatic heterocycles. The van der Waals surface area contributed by atoms with E-state index in [9.17, 15) is 13.5 Å². The Labute approximate surface area is 195 Å². The maximum absolute atomic E-state index is 11.6. The molecule has 0 spiro atoms. The predicted molar refractivity (Wildman–Crippen MR) is 129 cm³/mol. The van der Waals surface area contributed by atoms with Crippen molar-refractivity contribution in [1.82, 2.24) is 10.0 Å². The van der Waals surface area contributed by atoms with Crippen molar-refractivity contribution < 1.29 is 13.5 Å². The van der Waals surface area contributed by atoms with Gasteiger partial charge in [0.1, 0.15) is 0 Å². The van der Waals surface area contributed by atoms with E-state index in [-0.39, 0.29) is 11.5 Å². The number of aliphatic hydroxyl groups is 1. The first-order valence-electron chi connectivity index (χ1n) is 13.1. The minimum atomic E-state index is -3.16. The van der Waals surface area contributed by atoms with Crippen LogP contribution >= 0.6 is 0 Å². The van der Waals surface area contributed by atoms with E-state index in [1.165, 1.54) is 44.8 Å². The molecule has 4 fully saturated rings. The summed E-state index contributed by atoms with van der Waals surface area (Å²) in [6, 6.07) is 0.549. The summed E-state index contributed by atoms with van der Waals surface area (Å²) in [5.41, 5.74) is 6.26. The average molecular weight is 470 g/mol. The van der Waals surface area contributed by atoms with Crippen molar-refractivity contribution in [3.8, 4) is 0 Å². The molecule has 186 valence electrons. The summed E-state index contributed by atoms with van der Waals surface area (Å²) in [6.45, 7) is 9.31. The van der Waals surface area contributed by atoms with Crippen LogP contribution in [0.2, 0.25) is 0 Å². The van der Waals surface area contributed by atoms with Crippen LogP contribution in [0.5, 0.6) is 0 Å². The Balaban J connectivity index is 1.49. The molecule has 0 aromatic carbocycles. The van der Waals surface area contributed by atoms with E-state index in [2.05, 4.69) is 30.8 Å². The summed E-state index contributed by atoms with van der Waals surface area (Å²) in [5.74, 6) is 3.03. The van der Waals surface area contributed by atoms with Gasteiger partial charge in [0, 0.05) is 25.7 Å². The molecule has 4 saturated carbocycles. The topological polar surface area (TPSA) is 104 Å². The first-order chi connectivity index (χ1) is 15.0. The fourth-order valence-corrected chi connectivity index (χ4v) is 9.66. The van der Waals surface area contributed by atoms with Gasteiger partial charge in [-0.3, -0.25) is 0 Å². The lowest BCUT2D eigenvalue weighted by Crippen LogP contribution is -2.59. The molecular weight excluding hydrogens is 422 g/mol. The fourth-order valence-electron chi connectivity index (χ4n) is 9.10. The van der Waals surface area contributed by atoms with Crippen LogP contribution in [-0.4, -0.2) is 51.6 Å². The van der Waals surface area contributed by atoms with Crippen LogP contribution in [0.1, 0.15) is 72.1 Å². The highest BCUT2D eigenvalue weighted by Crippen LogP contribution is 2.68. The number of rotatable bonds is 7. The fraction of sp³-hybridized carbons (Fsp3) is 1.00. The molecule has 0 heterocycles. The lowest BCUT2D eigenvalue weighted by Gasteiger charge is -2.62. The third kappa shape index (κ3) is 4.41. The highest BCUT2D eigenvalue weighted by atomic mass is 32.2. The number of fused-ring (bicyclic) bond motifs is 5. The van der Waals surface area contributed by atoms with E-state index in [4.69, 9.17) is 5.73 Å². The van der Waals surface area contributed by atoms with Crippen LogP contribution in [0, 0.1) is 46.3 Å². The highest BCUT2D eigenvalue weighted by molar-refractivity contribution is 7.88. The molecule has 0 saturated heterocycles. The summed E-state index contributed by atoms with van der Waals surface area (Å²) in [4.78, 5) is 0. The third-order valence-corrected chi connectivity index (χ3v) is 11.4. The summed E-state index contributed by atoms with van der Waals surface area (Å²) in [7, 11) is -3.16. The van der Waals surface area contributed by atoms with Gasteiger partial charge in [0.25, 0.3) is 0 Å². The van der Waals surface area contributed by atoms with Gasteiger partial charge >= 0.3 is 0 Å². The van der Waals surface area contributed by atoms with Crippen LogP contribution in [0.4, 0.5) is 0 Å². The Morgan fingerprint density at radius 2 is 1.75 bits per heavy atom. The molecule has 6 nitrogen and oxygen atoms in total. The van der Waals surface area contributed by atoms with Gasteiger partial charge in [-0.05, 0) is 97.7 Å². The zero-order chi connectivity index (χ0) is 23.3. The van der Waals surface area contributed by atoms with Crippen LogP contribution in [0.15, 0.2) is 0 Å². The van der Waals surface area contributed by atoms with E-state index in [0.29, 0.717) is 60.1 Å². The molecule has 5 N–H and O–H groups in total. The van der Waals surface area contributed by atoms with E-state index < -0.39 is 10.0 Å². The first kappa shape index (κ1) is 24.9. The Bertz CT molecular complexity index is 776. The predicted octanol–water partition coefficient (Wildman–Crippen LogP) is 2.72. The maximum atomic E-state index is 11.6. The molecule has 4 aliphatic rings. The molecule has 0 aliphatic heterocycles. The molecule has 0 radical (unpaired) electrons. The van der Waals surface area contributed by atoms with E-state index >= 15 is 0 Å². The molecule has 10 atom stereocenters. The summed E-state index contributed by atoms with van der Waals surface area (Å²) >= 11 is 0. The van der Waals surface area contributed by atoms with Crippen LogP contribution in [-0.2, 0) is 10.0 Å². The monoisotopic (exact) mass is 469 g/mol. The summed E-state index contributed by atoms with van der Waals surface area (Å²) in [6.07, 6.45) is 10.4. The van der Waals surface area contributed by atoms with Crippen molar-refractivity contribution in [2.75, 3.05) is 25.9 Å². The Kier molecular flexibility index (Phi) is 7.08. The first-order valence-corrected chi connectivity index (χ1v) is 14.9. The Morgan fingerprint density at radius 3 is 2.44 bits per heavy atom. The SMILES string of the molecule is C[C@@H](CNS(C)(=O)=O)C1CCC2C3C(CC[C@@]21C)[C@@]1(C)CC[C@H](NCCN)CC1C[C@H]3O. The van der Waals surface area contributed by atoms with Crippen LogP contribution in [0.3, 0.4) is 0 Å². The highest BCUT2D eigenvalue weighted by Gasteiger charge is 2.62. The van der Waals surface area contributed by atoms with Crippen molar-refractivity contribution in [2.45, 2.75) is 84.3 Å². The third-order valence-electron chi connectivity index (χ3n) is 10.7. The van der Waals surface area contributed by atoms with Gasteiger partial charge in [0.15, 0.2) is 0 Å². The summed E-state index contributed by atoms with van der Waals surface area (Å²) < 4.78 is 26.0. The molecule has 5 unspecified atom stereocenters. The molecule has 4 rings (SSSR count). The minimum Gasteiger partial charge on any atom is -0.393 e. The standard InChI is InChI=1S/C25H47N3O3S/c1-16(15-28-32(4,30)31)19-5-6-20-23-21(8-10-25(19,20)3)24(2)9-7-18(27-12-11-26)13-17(24)14-22(23)29/h16-23,27-29H,5-15,26H2,1-4H3/t16-,17?,18-,19?,20?,21?,22+,23?,24-,25+/m0/s1. The maximum Gasteiger partial charge on any atom is 0.208 e. The smallest absolute Gasteiger partial charge is 0.208 e. The molecule has 32 heavy (non-hydrogen) atoms. The average Bonchev–Trinajstić information content (AvgIpc) is 3.08. The number of hydrogen-bond donors (Lipinski definition) is 4. The van der Waals surface area contributed by atoms with Crippen molar-refractivity contribution >= 4 is 10.0 Å². The van der Waals surface area contributed by atoms with Crippen molar-refractivity contribution in [2.24, 2.45) is 52.1 Å². The van der Waals surface area contributed by atoms with E-state index in [1.807, 2.05) is 0 Å². The molecule has 0 amide bonds. The number of aliphatic hydroxyl groups excluding tert-OH is 1. The number of nitrogens with two attached hydrogens (primary N) is 1. The van der Waals surface area contributed by atoms with Crippen molar-refractivity contribution in [3.05, 3.63) is 0 Å². The molecule has 7 heteroatoms. The number of sulfonamides is 1. The summed E-state index contributed by atoms with van der Waals surface area (Å²) in [5, 5.41) is 15.1. The van der Waals surface area contributed by atoms with Gasteiger partial charge in [-0.1, -0.05) is 20.8 Å². The van der Waals surface area contributed by atoms with Gasteiger partial charge in [0.2, 0.25) is 10.0 Å². The van der Waals surface area contributed by atoms with Gasteiger partial charge in [-0.25, -0.2) is 13.1 Å². The number of nitrogens with one attached hydrogen (secondary N) is 2. The second-order valence-corrected chi connectivity index (χ2v) is 14.2. The normalized spacial score (nSPS) is 47.4. The molecular formula is C25H47N3O3S. The quantitative estimate of drug-likeness (QED) is 0.459. The number of hydrogen-bond acceptors (Lipinski definition) is 5. The minimum absolute atomic E-state index is 0.195. The van der Waals surface area contributed by atoms with E-state index in [0.717, 1.165) is 19.4 Å². The van der Waals surface area contributed by atoms with Crippen molar-refractivity contribution in [3.63, 3.8) is 0 Å². The second kappa shape index (κ2) is 9.10. The Morgan fingerprint density at radius 1 is 1.06 bits per heavy atom. The second-order valence-electron chi connectivity index (χ2n) is 12.3. The zero-order valence-corrected chi connectivity index (χ0v) is 21.5. The Hall–Kier alpha value is -0.210. The largest absolute Gasteiger partial charge is 0.393 e. The molecule has 0 bridgehead atoms.